The number of piperazine rings is 1. The molecule has 1 heterocycles. The van der Waals surface area contributed by atoms with Crippen LogP contribution in [-0.4, -0.2) is 55.3 Å². The first-order valence-corrected chi connectivity index (χ1v) is 7.99. The molecular formula is C17H19FN2O4. The van der Waals surface area contributed by atoms with Crippen LogP contribution >= 0.6 is 0 Å². The molecule has 0 atom stereocenters. The number of nitrogens with zero attached hydrogens (tertiary/aromatic N) is 2. The van der Waals surface area contributed by atoms with Gasteiger partial charge in [0.1, 0.15) is 11.6 Å². The molecule has 0 radical (unpaired) electrons. The van der Waals surface area contributed by atoms with Crippen LogP contribution in [-0.2, 0) is 19.1 Å². The van der Waals surface area contributed by atoms with E-state index in [4.69, 9.17) is 4.74 Å². The second kappa shape index (κ2) is 6.98. The molecule has 1 aliphatic carbocycles. The Hall–Kier alpha value is -2.44. The Balaban J connectivity index is 1.42. The quantitative estimate of drug-likeness (QED) is 0.769. The van der Waals surface area contributed by atoms with Gasteiger partial charge in [-0.3, -0.25) is 14.4 Å². The monoisotopic (exact) mass is 334 g/mol. The molecule has 0 unspecified atom stereocenters. The van der Waals surface area contributed by atoms with E-state index < -0.39 is 5.97 Å². The fourth-order valence-electron chi connectivity index (χ4n) is 2.86. The molecule has 1 aliphatic heterocycles. The van der Waals surface area contributed by atoms with E-state index in [1.165, 1.54) is 12.1 Å². The third-order valence-electron chi connectivity index (χ3n) is 4.44. The minimum Gasteiger partial charge on any atom is -0.455 e. The predicted molar refractivity (Wildman–Crippen MR) is 83.9 cm³/mol. The molecule has 1 aromatic rings. The Morgan fingerprint density at radius 2 is 1.71 bits per heavy atom. The van der Waals surface area contributed by atoms with Gasteiger partial charge in [-0.2, -0.15) is 0 Å². The molecule has 0 N–H and O–H groups in total. The lowest BCUT2D eigenvalue weighted by Gasteiger charge is -2.36. The van der Waals surface area contributed by atoms with Gasteiger partial charge in [-0.15, -0.1) is 0 Å². The fraction of sp³-hybridized carbons (Fsp3) is 0.471. The molecule has 24 heavy (non-hydrogen) atoms. The van der Waals surface area contributed by atoms with Crippen molar-refractivity contribution < 1.29 is 23.5 Å². The lowest BCUT2D eigenvalue weighted by molar-refractivity contribution is -0.160. The van der Waals surface area contributed by atoms with E-state index in [1.807, 2.05) is 0 Å². The highest BCUT2D eigenvalue weighted by Crippen LogP contribution is 2.24. The Morgan fingerprint density at radius 3 is 2.29 bits per heavy atom. The average molecular weight is 334 g/mol. The molecule has 128 valence electrons. The van der Waals surface area contributed by atoms with Gasteiger partial charge in [-0.05, 0) is 24.3 Å². The van der Waals surface area contributed by atoms with Crippen LogP contribution in [0.4, 0.5) is 10.1 Å². The van der Waals surface area contributed by atoms with Crippen LogP contribution in [0.25, 0.3) is 0 Å². The summed E-state index contributed by atoms with van der Waals surface area (Å²) in [4.78, 5) is 38.3. The molecular weight excluding hydrogens is 315 g/mol. The Bertz CT molecular complexity index is 630. The van der Waals surface area contributed by atoms with Gasteiger partial charge in [-0.25, -0.2) is 4.39 Å². The molecule has 7 heteroatoms. The number of ketones is 1. The van der Waals surface area contributed by atoms with Gasteiger partial charge in [-0.1, -0.05) is 0 Å². The molecule has 0 aromatic heterocycles. The van der Waals surface area contributed by atoms with Crippen LogP contribution < -0.4 is 4.90 Å². The molecule has 2 aliphatic rings. The number of halogens is 1. The topological polar surface area (TPSA) is 66.9 Å². The number of ether oxygens (including phenoxy) is 1. The van der Waals surface area contributed by atoms with E-state index in [0.29, 0.717) is 26.2 Å². The summed E-state index contributed by atoms with van der Waals surface area (Å²) in [5, 5.41) is 0. The summed E-state index contributed by atoms with van der Waals surface area (Å²) in [6, 6.07) is 6.26. The number of anilines is 1. The number of amides is 1. The summed E-state index contributed by atoms with van der Waals surface area (Å²) in [6.07, 6.45) is 0.451. The molecule has 1 saturated heterocycles. The van der Waals surface area contributed by atoms with Gasteiger partial charge in [0, 0.05) is 44.7 Å². The van der Waals surface area contributed by atoms with E-state index >= 15 is 0 Å². The van der Waals surface area contributed by atoms with Crippen molar-refractivity contribution in [3.8, 4) is 0 Å². The molecule has 1 amide bonds. The van der Waals surface area contributed by atoms with Crippen LogP contribution in [0.5, 0.6) is 0 Å². The van der Waals surface area contributed by atoms with Gasteiger partial charge in [0.05, 0.1) is 5.92 Å². The summed E-state index contributed by atoms with van der Waals surface area (Å²) < 4.78 is 17.9. The highest BCUT2D eigenvalue weighted by Gasteiger charge is 2.34. The first-order valence-electron chi connectivity index (χ1n) is 7.99. The van der Waals surface area contributed by atoms with Crippen LogP contribution in [0.15, 0.2) is 24.3 Å². The molecule has 6 nitrogen and oxygen atoms in total. The number of hydrogen-bond donors (Lipinski definition) is 0. The summed E-state index contributed by atoms with van der Waals surface area (Å²) in [6.45, 7) is 2.05. The fourth-order valence-corrected chi connectivity index (χ4v) is 2.86. The first kappa shape index (κ1) is 16.4. The zero-order chi connectivity index (χ0) is 17.1. The van der Waals surface area contributed by atoms with Crippen LogP contribution in [0.2, 0.25) is 0 Å². The lowest BCUT2D eigenvalue weighted by atomic mass is 9.84. The van der Waals surface area contributed by atoms with E-state index in [9.17, 15) is 18.8 Å². The number of benzene rings is 1. The van der Waals surface area contributed by atoms with Gasteiger partial charge in [0.2, 0.25) is 0 Å². The van der Waals surface area contributed by atoms with Crippen molar-refractivity contribution in [3.05, 3.63) is 30.1 Å². The van der Waals surface area contributed by atoms with E-state index in [1.54, 1.807) is 17.0 Å². The number of carbonyl (C=O) groups excluding carboxylic acids is 3. The van der Waals surface area contributed by atoms with Crippen LogP contribution in [0, 0.1) is 11.7 Å². The van der Waals surface area contributed by atoms with Gasteiger partial charge < -0.3 is 14.5 Å². The number of Topliss-reactive ketones (excluding diaryl/α,β-unsaturated/α-hetero) is 1. The second-order valence-electron chi connectivity index (χ2n) is 6.10. The third kappa shape index (κ3) is 3.72. The minimum absolute atomic E-state index is 0.0557. The lowest BCUT2D eigenvalue weighted by Crippen LogP contribution is -2.50. The summed E-state index contributed by atoms with van der Waals surface area (Å²) >= 11 is 0. The predicted octanol–water partition coefficient (Wildman–Crippen LogP) is 0.997. The van der Waals surface area contributed by atoms with Gasteiger partial charge in [0.25, 0.3) is 5.91 Å². The summed E-state index contributed by atoms with van der Waals surface area (Å²) in [7, 11) is 0. The maximum absolute atomic E-state index is 12.9. The van der Waals surface area contributed by atoms with Crippen LogP contribution in [0.3, 0.4) is 0 Å². The Labute approximate surface area is 139 Å². The maximum atomic E-state index is 12.9. The van der Waals surface area contributed by atoms with Crippen molar-refractivity contribution in [2.24, 2.45) is 5.92 Å². The SMILES string of the molecule is O=C1CC(C(=O)OCC(=O)N2CCN(c3ccc(F)cc3)CC2)C1. The Morgan fingerprint density at radius 1 is 1.08 bits per heavy atom. The van der Waals surface area contributed by atoms with E-state index in [-0.39, 0.29) is 42.9 Å². The maximum Gasteiger partial charge on any atom is 0.310 e. The minimum atomic E-state index is -0.465. The van der Waals surface area contributed by atoms with Crippen molar-refractivity contribution in [2.45, 2.75) is 12.8 Å². The van der Waals surface area contributed by atoms with Gasteiger partial charge >= 0.3 is 5.97 Å². The van der Waals surface area contributed by atoms with Gasteiger partial charge in [0.15, 0.2) is 6.61 Å². The largest absolute Gasteiger partial charge is 0.455 e. The summed E-state index contributed by atoms with van der Waals surface area (Å²) in [5.41, 5.74) is 0.921. The molecule has 1 saturated carbocycles. The zero-order valence-corrected chi connectivity index (χ0v) is 13.2. The van der Waals surface area contributed by atoms with Crippen molar-refractivity contribution in [2.75, 3.05) is 37.7 Å². The standard InChI is InChI=1S/C17H19FN2O4/c18-13-1-3-14(4-2-13)19-5-7-20(8-6-19)16(22)11-24-17(23)12-9-15(21)10-12/h1-4,12H,5-11H2. The van der Waals surface area contributed by atoms with Crippen LogP contribution in [0.1, 0.15) is 12.8 Å². The Kier molecular flexibility index (Phi) is 4.78. The van der Waals surface area contributed by atoms with Crippen molar-refractivity contribution in [3.63, 3.8) is 0 Å². The smallest absolute Gasteiger partial charge is 0.310 e. The first-order chi connectivity index (χ1) is 11.5. The number of carbonyl (C=O) groups is 3. The molecule has 3 rings (SSSR count). The molecule has 1 aromatic carbocycles. The second-order valence-corrected chi connectivity index (χ2v) is 6.10. The average Bonchev–Trinajstić information content (AvgIpc) is 2.57. The zero-order valence-electron chi connectivity index (χ0n) is 13.2. The highest BCUT2D eigenvalue weighted by molar-refractivity contribution is 5.94. The molecule has 2 fully saturated rings. The molecule has 0 spiro atoms. The third-order valence-corrected chi connectivity index (χ3v) is 4.44. The number of hydrogen-bond acceptors (Lipinski definition) is 5. The van der Waals surface area contributed by atoms with Crippen molar-refractivity contribution >= 4 is 23.3 Å². The van der Waals surface area contributed by atoms with Crippen molar-refractivity contribution in [1.29, 1.82) is 0 Å². The number of rotatable bonds is 4. The molecule has 0 bridgehead atoms. The van der Waals surface area contributed by atoms with E-state index in [0.717, 1.165) is 5.69 Å². The highest BCUT2D eigenvalue weighted by atomic mass is 19.1. The number of esters is 1. The van der Waals surface area contributed by atoms with Crippen molar-refractivity contribution in [1.82, 2.24) is 4.90 Å². The van der Waals surface area contributed by atoms with E-state index in [2.05, 4.69) is 4.90 Å². The summed E-state index contributed by atoms with van der Waals surface area (Å²) in [5.74, 6) is -1.29. The normalized spacial score (nSPS) is 18.3.